The van der Waals surface area contributed by atoms with Gasteiger partial charge in [-0.15, -0.1) is 0 Å². The van der Waals surface area contributed by atoms with E-state index in [1.807, 2.05) is 6.07 Å². The molecule has 29 heavy (non-hydrogen) atoms. The molecule has 4 rings (SSSR count). The van der Waals surface area contributed by atoms with Gasteiger partial charge in [-0.1, -0.05) is 12.1 Å². The Kier molecular flexibility index (Phi) is 5.10. The molecule has 8 nitrogen and oxygen atoms in total. The monoisotopic (exact) mass is 419 g/mol. The molecule has 2 aliphatic rings. The molecule has 1 fully saturated rings. The van der Waals surface area contributed by atoms with Gasteiger partial charge in [0.05, 0.1) is 12.0 Å². The summed E-state index contributed by atoms with van der Waals surface area (Å²) in [6.07, 6.45) is 1.28. The SMILES string of the molecule is COc1ccc(S(=O)(=O)NC(Oc2cccc3c2OC2CCCC32)C(=O)O)cc1. The number of ether oxygens (including phenoxy) is 3. The number of rotatable bonds is 7. The van der Waals surface area contributed by atoms with E-state index in [0.29, 0.717) is 11.5 Å². The summed E-state index contributed by atoms with van der Waals surface area (Å²) in [5.74, 6) is 0.00190. The molecule has 0 bridgehead atoms. The number of carboxylic acids is 1. The van der Waals surface area contributed by atoms with Crippen molar-refractivity contribution in [1.29, 1.82) is 0 Å². The highest BCUT2D eigenvalue weighted by molar-refractivity contribution is 7.89. The number of para-hydroxylation sites is 1. The summed E-state index contributed by atoms with van der Waals surface area (Å²) >= 11 is 0. The number of sulfonamides is 1. The van der Waals surface area contributed by atoms with Crippen molar-refractivity contribution in [1.82, 2.24) is 4.72 Å². The van der Waals surface area contributed by atoms with Crippen LogP contribution >= 0.6 is 0 Å². The number of methoxy groups -OCH3 is 1. The molecular formula is C20H21NO7S. The molecule has 3 unspecified atom stereocenters. The minimum atomic E-state index is -4.13. The van der Waals surface area contributed by atoms with E-state index in [4.69, 9.17) is 14.2 Å². The van der Waals surface area contributed by atoms with Gasteiger partial charge in [-0.3, -0.25) is 0 Å². The van der Waals surface area contributed by atoms with Crippen LogP contribution < -0.4 is 18.9 Å². The van der Waals surface area contributed by atoms with E-state index >= 15 is 0 Å². The van der Waals surface area contributed by atoms with Crippen molar-refractivity contribution in [3.8, 4) is 17.2 Å². The fraction of sp³-hybridized carbons (Fsp3) is 0.350. The average molecular weight is 419 g/mol. The van der Waals surface area contributed by atoms with Crippen molar-refractivity contribution in [2.75, 3.05) is 7.11 Å². The zero-order valence-electron chi connectivity index (χ0n) is 15.7. The van der Waals surface area contributed by atoms with Gasteiger partial charge in [-0.05, 0) is 49.6 Å². The fourth-order valence-corrected chi connectivity index (χ4v) is 4.89. The lowest BCUT2D eigenvalue weighted by molar-refractivity contribution is -0.145. The Morgan fingerprint density at radius 1 is 1.21 bits per heavy atom. The van der Waals surface area contributed by atoms with Gasteiger partial charge < -0.3 is 19.3 Å². The maximum absolute atomic E-state index is 12.6. The number of carbonyl (C=O) groups is 1. The molecule has 3 atom stereocenters. The quantitative estimate of drug-likeness (QED) is 0.663. The largest absolute Gasteiger partial charge is 0.497 e. The van der Waals surface area contributed by atoms with Crippen LogP contribution in [0.3, 0.4) is 0 Å². The Morgan fingerprint density at radius 2 is 1.97 bits per heavy atom. The molecule has 2 aromatic carbocycles. The van der Waals surface area contributed by atoms with Crippen LogP contribution in [0.5, 0.6) is 17.2 Å². The minimum Gasteiger partial charge on any atom is -0.497 e. The lowest BCUT2D eigenvalue weighted by Gasteiger charge is -2.19. The van der Waals surface area contributed by atoms with Crippen LogP contribution in [0.1, 0.15) is 30.7 Å². The van der Waals surface area contributed by atoms with Gasteiger partial charge in [0.1, 0.15) is 11.9 Å². The molecule has 1 aliphatic carbocycles. The molecule has 1 saturated carbocycles. The first-order chi connectivity index (χ1) is 13.9. The third-order valence-corrected chi connectivity index (χ3v) is 6.65. The van der Waals surface area contributed by atoms with Crippen molar-refractivity contribution in [3.63, 3.8) is 0 Å². The number of hydrogen-bond donors (Lipinski definition) is 2. The molecular weight excluding hydrogens is 398 g/mol. The zero-order valence-corrected chi connectivity index (χ0v) is 16.5. The fourth-order valence-electron chi connectivity index (χ4n) is 3.83. The summed E-state index contributed by atoms with van der Waals surface area (Å²) in [7, 11) is -2.67. The smallest absolute Gasteiger partial charge is 0.361 e. The van der Waals surface area contributed by atoms with Crippen LogP contribution in [-0.4, -0.2) is 38.9 Å². The van der Waals surface area contributed by atoms with E-state index in [0.717, 1.165) is 24.8 Å². The van der Waals surface area contributed by atoms with Crippen LogP contribution in [0.15, 0.2) is 47.4 Å². The Bertz CT molecular complexity index is 1020. The maximum atomic E-state index is 12.6. The molecule has 154 valence electrons. The molecule has 2 N–H and O–H groups in total. The van der Waals surface area contributed by atoms with Crippen molar-refractivity contribution >= 4 is 16.0 Å². The lowest BCUT2D eigenvalue weighted by Crippen LogP contribution is -2.44. The van der Waals surface area contributed by atoms with Crippen molar-refractivity contribution < 1.29 is 32.5 Å². The van der Waals surface area contributed by atoms with Gasteiger partial charge in [-0.2, -0.15) is 4.72 Å². The summed E-state index contributed by atoms with van der Waals surface area (Å²) in [5.41, 5.74) is 0.979. The average Bonchev–Trinajstić information content (AvgIpc) is 3.29. The van der Waals surface area contributed by atoms with E-state index < -0.39 is 22.2 Å². The summed E-state index contributed by atoms with van der Waals surface area (Å²) in [4.78, 5) is 11.6. The first-order valence-corrected chi connectivity index (χ1v) is 10.7. The molecule has 1 heterocycles. The summed E-state index contributed by atoms with van der Waals surface area (Å²) in [6, 6.07) is 10.9. The maximum Gasteiger partial charge on any atom is 0.361 e. The zero-order chi connectivity index (χ0) is 20.6. The summed E-state index contributed by atoms with van der Waals surface area (Å²) in [5, 5.41) is 9.52. The molecule has 2 aromatic rings. The lowest BCUT2D eigenvalue weighted by atomic mass is 9.97. The standard InChI is InChI=1S/C20H21NO7S/c1-26-12-8-10-13(11-9-12)29(24,25)21-19(20(22)23)28-17-7-3-5-15-14-4-2-6-16(14)27-18(15)17/h3,5,7-11,14,16,19,21H,2,4,6H2,1H3,(H,22,23). The van der Waals surface area contributed by atoms with Crippen molar-refractivity contribution in [2.24, 2.45) is 0 Å². The number of nitrogens with one attached hydrogen (secondary N) is 1. The number of carboxylic acid groups (broad SMARTS) is 1. The van der Waals surface area contributed by atoms with Crippen LogP contribution in [0.2, 0.25) is 0 Å². The third kappa shape index (κ3) is 3.75. The highest BCUT2D eigenvalue weighted by Crippen LogP contribution is 2.50. The van der Waals surface area contributed by atoms with Crippen molar-refractivity contribution in [3.05, 3.63) is 48.0 Å². The van der Waals surface area contributed by atoms with Crippen LogP contribution in [0.4, 0.5) is 0 Å². The predicted octanol–water partition coefficient (Wildman–Crippen LogP) is 2.49. The van der Waals surface area contributed by atoms with Crippen LogP contribution in [0.25, 0.3) is 0 Å². The van der Waals surface area contributed by atoms with Gasteiger partial charge in [0.15, 0.2) is 11.5 Å². The van der Waals surface area contributed by atoms with Gasteiger partial charge >= 0.3 is 5.97 Å². The minimum absolute atomic E-state index is 0.0639. The topological polar surface area (TPSA) is 111 Å². The molecule has 0 amide bonds. The normalized spacial score (nSPS) is 21.0. The number of fused-ring (bicyclic) bond motifs is 3. The Labute approximate surface area is 168 Å². The van der Waals surface area contributed by atoms with Gasteiger partial charge in [0.25, 0.3) is 6.23 Å². The van der Waals surface area contributed by atoms with E-state index in [2.05, 4.69) is 4.72 Å². The first kappa shape index (κ1) is 19.5. The summed E-state index contributed by atoms with van der Waals surface area (Å²) in [6.45, 7) is 0. The molecule has 0 aromatic heterocycles. The number of aliphatic carboxylic acids is 1. The van der Waals surface area contributed by atoms with Crippen LogP contribution in [0, 0.1) is 0 Å². The molecule has 9 heteroatoms. The highest BCUT2D eigenvalue weighted by atomic mass is 32.2. The molecule has 0 radical (unpaired) electrons. The van der Waals surface area contributed by atoms with Crippen LogP contribution in [-0.2, 0) is 14.8 Å². The van der Waals surface area contributed by atoms with Gasteiger partial charge in [0.2, 0.25) is 10.0 Å². The number of hydrogen-bond acceptors (Lipinski definition) is 6. The molecule has 0 spiro atoms. The van der Waals surface area contributed by atoms with Crippen molar-refractivity contribution in [2.45, 2.75) is 42.4 Å². The highest BCUT2D eigenvalue weighted by Gasteiger charge is 2.40. The Hall–Kier alpha value is -2.78. The van der Waals surface area contributed by atoms with E-state index in [9.17, 15) is 18.3 Å². The van der Waals surface area contributed by atoms with E-state index in [-0.39, 0.29) is 22.7 Å². The second kappa shape index (κ2) is 7.57. The summed E-state index contributed by atoms with van der Waals surface area (Å²) < 4.78 is 43.8. The van der Waals surface area contributed by atoms with Gasteiger partial charge in [-0.25, -0.2) is 13.2 Å². The molecule has 0 saturated heterocycles. The Balaban J connectivity index is 1.57. The predicted molar refractivity (Wildman–Crippen MR) is 103 cm³/mol. The second-order valence-corrected chi connectivity index (χ2v) is 8.72. The Morgan fingerprint density at radius 3 is 2.66 bits per heavy atom. The van der Waals surface area contributed by atoms with Gasteiger partial charge in [0, 0.05) is 11.5 Å². The number of benzene rings is 2. The molecule has 1 aliphatic heterocycles. The first-order valence-electron chi connectivity index (χ1n) is 9.24. The third-order valence-electron chi connectivity index (χ3n) is 5.23. The van der Waals surface area contributed by atoms with E-state index in [1.165, 1.54) is 31.4 Å². The second-order valence-electron chi connectivity index (χ2n) is 7.00. The van der Waals surface area contributed by atoms with E-state index in [1.54, 1.807) is 12.1 Å².